The third-order valence-corrected chi connectivity index (χ3v) is 1.50. The standard InChI is InChI=1S/C9H6F3NO2/c10-9(11,12)7-3-1-6(5-13-7)2-4-8(14)15/h1-5H,(H,14,15)/b4-2+. The largest absolute Gasteiger partial charge is 0.478 e. The molecule has 0 atom stereocenters. The average molecular weight is 217 g/mol. The molecule has 0 saturated heterocycles. The van der Waals surface area contributed by atoms with E-state index in [2.05, 4.69) is 4.98 Å². The summed E-state index contributed by atoms with van der Waals surface area (Å²) in [6.45, 7) is 0. The second kappa shape index (κ2) is 4.12. The van der Waals surface area contributed by atoms with Gasteiger partial charge in [0, 0.05) is 12.3 Å². The first-order chi connectivity index (χ1) is 6.89. The van der Waals surface area contributed by atoms with Crippen molar-refractivity contribution in [3.8, 4) is 0 Å². The Morgan fingerprint density at radius 2 is 2.07 bits per heavy atom. The maximum atomic E-state index is 12.1. The number of hydrogen-bond donors (Lipinski definition) is 1. The normalized spacial score (nSPS) is 11.9. The third-order valence-electron chi connectivity index (χ3n) is 1.50. The summed E-state index contributed by atoms with van der Waals surface area (Å²) in [4.78, 5) is 13.3. The summed E-state index contributed by atoms with van der Waals surface area (Å²) in [6, 6.07) is 1.94. The summed E-state index contributed by atoms with van der Waals surface area (Å²) in [5.74, 6) is -1.17. The van der Waals surface area contributed by atoms with Crippen LogP contribution in [-0.4, -0.2) is 16.1 Å². The zero-order chi connectivity index (χ0) is 11.5. The Kier molecular flexibility index (Phi) is 3.08. The van der Waals surface area contributed by atoms with Gasteiger partial charge in [-0.05, 0) is 17.7 Å². The van der Waals surface area contributed by atoms with Crippen LogP contribution in [0.4, 0.5) is 13.2 Å². The maximum Gasteiger partial charge on any atom is 0.433 e. The lowest BCUT2D eigenvalue weighted by molar-refractivity contribution is -0.141. The van der Waals surface area contributed by atoms with Gasteiger partial charge in [0.1, 0.15) is 5.69 Å². The lowest BCUT2D eigenvalue weighted by atomic mass is 10.2. The fraction of sp³-hybridized carbons (Fsp3) is 0.111. The molecule has 0 fully saturated rings. The predicted molar refractivity (Wildman–Crippen MR) is 45.9 cm³/mol. The number of nitrogens with zero attached hydrogens (tertiary/aromatic N) is 1. The lowest BCUT2D eigenvalue weighted by Crippen LogP contribution is -2.07. The highest BCUT2D eigenvalue weighted by Gasteiger charge is 2.31. The van der Waals surface area contributed by atoms with Crippen molar-refractivity contribution >= 4 is 12.0 Å². The molecule has 0 saturated carbocycles. The quantitative estimate of drug-likeness (QED) is 0.772. The van der Waals surface area contributed by atoms with E-state index in [1.165, 1.54) is 0 Å². The molecule has 15 heavy (non-hydrogen) atoms. The van der Waals surface area contributed by atoms with E-state index >= 15 is 0 Å². The molecule has 0 aliphatic carbocycles. The first-order valence-electron chi connectivity index (χ1n) is 3.84. The van der Waals surface area contributed by atoms with Gasteiger partial charge in [0.05, 0.1) is 0 Å². The van der Waals surface area contributed by atoms with Gasteiger partial charge in [-0.25, -0.2) is 4.79 Å². The maximum absolute atomic E-state index is 12.1. The number of pyridine rings is 1. The van der Waals surface area contributed by atoms with E-state index in [0.29, 0.717) is 5.56 Å². The molecule has 0 unspecified atom stereocenters. The molecule has 0 amide bonds. The summed E-state index contributed by atoms with van der Waals surface area (Å²) in [5.41, 5.74) is -0.708. The van der Waals surface area contributed by atoms with E-state index in [1.807, 2.05) is 0 Å². The summed E-state index contributed by atoms with van der Waals surface area (Å²) < 4.78 is 36.2. The Morgan fingerprint density at radius 3 is 2.47 bits per heavy atom. The second-order valence-electron chi connectivity index (χ2n) is 2.65. The SMILES string of the molecule is O=C(O)/C=C/c1ccc(C(F)(F)F)nc1. The number of aromatic nitrogens is 1. The first kappa shape index (κ1) is 11.2. The third kappa shape index (κ3) is 3.41. The van der Waals surface area contributed by atoms with Crippen LogP contribution < -0.4 is 0 Å². The van der Waals surface area contributed by atoms with Gasteiger partial charge in [-0.3, -0.25) is 4.98 Å². The number of halogens is 3. The highest BCUT2D eigenvalue weighted by molar-refractivity contribution is 5.85. The summed E-state index contributed by atoms with van der Waals surface area (Å²) in [5, 5.41) is 8.27. The van der Waals surface area contributed by atoms with E-state index in [4.69, 9.17) is 5.11 Å². The van der Waals surface area contributed by atoms with Gasteiger partial charge in [-0.2, -0.15) is 13.2 Å². The lowest BCUT2D eigenvalue weighted by Gasteiger charge is -2.04. The monoisotopic (exact) mass is 217 g/mol. The molecule has 0 aromatic carbocycles. The number of hydrogen-bond acceptors (Lipinski definition) is 2. The van der Waals surface area contributed by atoms with Crippen molar-refractivity contribution in [2.45, 2.75) is 6.18 Å². The van der Waals surface area contributed by atoms with E-state index in [9.17, 15) is 18.0 Å². The van der Waals surface area contributed by atoms with Gasteiger partial charge in [-0.15, -0.1) is 0 Å². The first-order valence-corrected chi connectivity index (χ1v) is 3.84. The van der Waals surface area contributed by atoms with Crippen molar-refractivity contribution in [1.82, 2.24) is 4.98 Å². The number of carboxylic acids is 1. The minimum absolute atomic E-state index is 0.297. The second-order valence-corrected chi connectivity index (χ2v) is 2.65. The van der Waals surface area contributed by atoms with Gasteiger partial charge < -0.3 is 5.11 Å². The Morgan fingerprint density at radius 1 is 1.40 bits per heavy atom. The molecule has 0 bridgehead atoms. The zero-order valence-corrected chi connectivity index (χ0v) is 7.32. The summed E-state index contributed by atoms with van der Waals surface area (Å²) >= 11 is 0. The van der Waals surface area contributed by atoms with Crippen LogP contribution in [0.5, 0.6) is 0 Å². The van der Waals surface area contributed by atoms with Gasteiger partial charge in [-0.1, -0.05) is 6.07 Å². The average Bonchev–Trinajstić information content (AvgIpc) is 2.14. The van der Waals surface area contributed by atoms with E-state index in [-0.39, 0.29) is 0 Å². The topological polar surface area (TPSA) is 50.2 Å². The van der Waals surface area contributed by atoms with Crippen LogP contribution in [0.1, 0.15) is 11.3 Å². The molecule has 0 aliphatic rings. The molecule has 1 heterocycles. The molecule has 1 aromatic heterocycles. The molecule has 1 N–H and O–H groups in total. The number of carbonyl (C=O) groups is 1. The van der Waals surface area contributed by atoms with Crippen LogP contribution in [-0.2, 0) is 11.0 Å². The van der Waals surface area contributed by atoms with E-state index in [1.54, 1.807) is 0 Å². The van der Waals surface area contributed by atoms with Crippen LogP contribution in [0.25, 0.3) is 6.08 Å². The van der Waals surface area contributed by atoms with Crippen LogP contribution in [0.2, 0.25) is 0 Å². The van der Waals surface area contributed by atoms with Crippen molar-refractivity contribution in [2.24, 2.45) is 0 Å². The summed E-state index contributed by atoms with van der Waals surface area (Å²) in [6.07, 6.45) is -1.53. The van der Waals surface area contributed by atoms with Gasteiger partial charge >= 0.3 is 12.1 Å². The van der Waals surface area contributed by atoms with Crippen molar-refractivity contribution in [3.63, 3.8) is 0 Å². The van der Waals surface area contributed by atoms with Gasteiger partial charge in [0.2, 0.25) is 0 Å². The molecule has 6 heteroatoms. The zero-order valence-electron chi connectivity index (χ0n) is 7.32. The van der Waals surface area contributed by atoms with Crippen LogP contribution >= 0.6 is 0 Å². The molecule has 0 aliphatic heterocycles. The van der Waals surface area contributed by atoms with Crippen molar-refractivity contribution in [1.29, 1.82) is 0 Å². The van der Waals surface area contributed by atoms with Crippen LogP contribution in [0.15, 0.2) is 24.4 Å². The smallest absolute Gasteiger partial charge is 0.433 e. The minimum Gasteiger partial charge on any atom is -0.478 e. The molecule has 0 radical (unpaired) electrons. The molecule has 1 aromatic rings. The van der Waals surface area contributed by atoms with Crippen LogP contribution in [0, 0.1) is 0 Å². The Bertz CT molecular complexity index is 381. The van der Waals surface area contributed by atoms with Gasteiger partial charge in [0.25, 0.3) is 0 Å². The molecule has 0 spiro atoms. The molecular weight excluding hydrogens is 211 g/mol. The number of aliphatic carboxylic acids is 1. The van der Waals surface area contributed by atoms with Crippen molar-refractivity contribution < 1.29 is 23.1 Å². The number of alkyl halides is 3. The number of rotatable bonds is 2. The fourth-order valence-electron chi connectivity index (χ4n) is 0.839. The number of carboxylic acid groups (broad SMARTS) is 1. The summed E-state index contributed by atoms with van der Waals surface area (Å²) in [7, 11) is 0. The Hall–Kier alpha value is -1.85. The minimum atomic E-state index is -4.48. The Labute approximate surface area is 82.9 Å². The molecule has 3 nitrogen and oxygen atoms in total. The van der Waals surface area contributed by atoms with Gasteiger partial charge in [0.15, 0.2) is 0 Å². The van der Waals surface area contributed by atoms with Crippen LogP contribution in [0.3, 0.4) is 0 Å². The highest BCUT2D eigenvalue weighted by atomic mass is 19.4. The predicted octanol–water partition coefficient (Wildman–Crippen LogP) is 2.20. The Balaban J connectivity index is 2.86. The van der Waals surface area contributed by atoms with E-state index < -0.39 is 17.8 Å². The molecule has 1 rings (SSSR count). The van der Waals surface area contributed by atoms with E-state index in [0.717, 1.165) is 30.5 Å². The molecular formula is C9H6F3NO2. The molecule has 80 valence electrons. The fourth-order valence-corrected chi connectivity index (χ4v) is 0.839. The van der Waals surface area contributed by atoms with Crippen molar-refractivity contribution in [3.05, 3.63) is 35.7 Å². The highest BCUT2D eigenvalue weighted by Crippen LogP contribution is 2.27. The van der Waals surface area contributed by atoms with Crippen molar-refractivity contribution in [2.75, 3.05) is 0 Å².